The average molecular weight is 363 g/mol. The minimum Gasteiger partial charge on any atom is -0.494 e. The van der Waals surface area contributed by atoms with Gasteiger partial charge in [0, 0.05) is 0 Å². The Morgan fingerprint density at radius 1 is 1.25 bits per heavy atom. The molecule has 0 aliphatic carbocycles. The predicted octanol–water partition coefficient (Wildman–Crippen LogP) is 4.36. The van der Waals surface area contributed by atoms with Crippen LogP contribution in [-0.4, -0.2) is 24.1 Å². The zero-order chi connectivity index (χ0) is 17.1. The molecule has 0 radical (unpaired) electrons. The summed E-state index contributed by atoms with van der Waals surface area (Å²) in [6, 6.07) is 12.7. The number of benzene rings is 2. The lowest BCUT2D eigenvalue weighted by Gasteiger charge is -2.13. The molecule has 0 fully saturated rings. The number of thiazole rings is 1. The molecule has 7 heteroatoms. The molecule has 0 saturated heterocycles. The van der Waals surface area contributed by atoms with E-state index in [-0.39, 0.29) is 5.91 Å². The monoisotopic (exact) mass is 362 g/mol. The van der Waals surface area contributed by atoms with Crippen LogP contribution in [0.2, 0.25) is 5.02 Å². The third-order valence-corrected chi connectivity index (χ3v) is 4.76. The van der Waals surface area contributed by atoms with Crippen molar-refractivity contribution in [2.75, 3.05) is 12.4 Å². The van der Waals surface area contributed by atoms with Crippen LogP contribution < -0.4 is 14.8 Å². The SMILES string of the molecule is COc1ccc(Cl)c2sc(NC(=O)C(C)Oc3ccccc3)nc12. The van der Waals surface area contributed by atoms with Gasteiger partial charge in [0.25, 0.3) is 5.91 Å². The number of amides is 1. The van der Waals surface area contributed by atoms with Crippen molar-refractivity contribution in [3.8, 4) is 11.5 Å². The summed E-state index contributed by atoms with van der Waals surface area (Å²) in [5, 5.41) is 3.78. The Kier molecular flexibility index (Phi) is 4.87. The first-order chi connectivity index (χ1) is 11.6. The number of methoxy groups -OCH3 is 1. The predicted molar refractivity (Wildman–Crippen MR) is 96.3 cm³/mol. The maximum absolute atomic E-state index is 12.3. The molecule has 5 nitrogen and oxygen atoms in total. The van der Waals surface area contributed by atoms with Crippen LogP contribution in [0.1, 0.15) is 6.92 Å². The molecule has 3 rings (SSSR count). The number of rotatable bonds is 5. The number of hydrogen-bond acceptors (Lipinski definition) is 5. The van der Waals surface area contributed by atoms with Gasteiger partial charge >= 0.3 is 0 Å². The number of ether oxygens (including phenoxy) is 2. The van der Waals surface area contributed by atoms with E-state index in [4.69, 9.17) is 21.1 Å². The first-order valence-electron chi connectivity index (χ1n) is 7.24. The molecule has 1 atom stereocenters. The lowest BCUT2D eigenvalue weighted by Crippen LogP contribution is -2.30. The number of halogens is 1. The van der Waals surface area contributed by atoms with E-state index in [0.29, 0.717) is 27.2 Å². The van der Waals surface area contributed by atoms with E-state index in [1.54, 1.807) is 38.3 Å². The number of aromatic nitrogens is 1. The summed E-state index contributed by atoms with van der Waals surface area (Å²) in [5.74, 6) is 0.960. The van der Waals surface area contributed by atoms with Gasteiger partial charge in [0.15, 0.2) is 11.2 Å². The van der Waals surface area contributed by atoms with Gasteiger partial charge in [-0.25, -0.2) is 4.98 Å². The zero-order valence-corrected chi connectivity index (χ0v) is 14.6. The van der Waals surface area contributed by atoms with E-state index >= 15 is 0 Å². The second-order valence-corrected chi connectivity index (χ2v) is 6.42. The highest BCUT2D eigenvalue weighted by Gasteiger charge is 2.18. The molecule has 1 N–H and O–H groups in total. The van der Waals surface area contributed by atoms with Gasteiger partial charge in [-0.15, -0.1) is 0 Å². The minimum absolute atomic E-state index is 0.284. The average Bonchev–Trinajstić information content (AvgIpc) is 3.00. The van der Waals surface area contributed by atoms with Crippen LogP contribution in [0.15, 0.2) is 42.5 Å². The van der Waals surface area contributed by atoms with Crippen molar-refractivity contribution in [2.45, 2.75) is 13.0 Å². The number of anilines is 1. The Balaban J connectivity index is 1.77. The summed E-state index contributed by atoms with van der Waals surface area (Å²) in [6.07, 6.45) is -0.656. The maximum atomic E-state index is 12.3. The van der Waals surface area contributed by atoms with Crippen LogP contribution in [0.3, 0.4) is 0 Å². The van der Waals surface area contributed by atoms with Crippen molar-refractivity contribution in [1.82, 2.24) is 4.98 Å². The molecule has 1 amide bonds. The van der Waals surface area contributed by atoms with Gasteiger partial charge in [-0.05, 0) is 31.2 Å². The number of nitrogens with one attached hydrogen (secondary N) is 1. The molecule has 1 aromatic heterocycles. The third kappa shape index (κ3) is 3.44. The van der Waals surface area contributed by atoms with E-state index in [0.717, 1.165) is 4.70 Å². The van der Waals surface area contributed by atoms with E-state index in [1.165, 1.54) is 11.3 Å². The first-order valence-corrected chi connectivity index (χ1v) is 8.43. The molecular formula is C17H15ClN2O3S. The van der Waals surface area contributed by atoms with Gasteiger partial charge in [0.2, 0.25) is 0 Å². The summed E-state index contributed by atoms with van der Waals surface area (Å²) < 4.78 is 11.6. The lowest BCUT2D eigenvalue weighted by molar-refractivity contribution is -0.122. The van der Waals surface area contributed by atoms with Gasteiger partial charge in [-0.2, -0.15) is 0 Å². The molecule has 124 valence electrons. The second-order valence-electron chi connectivity index (χ2n) is 5.01. The van der Waals surface area contributed by atoms with Crippen molar-refractivity contribution in [2.24, 2.45) is 0 Å². The van der Waals surface area contributed by atoms with E-state index < -0.39 is 6.10 Å². The fourth-order valence-corrected chi connectivity index (χ4v) is 3.29. The van der Waals surface area contributed by atoms with Crippen LogP contribution in [0, 0.1) is 0 Å². The quantitative estimate of drug-likeness (QED) is 0.732. The Morgan fingerprint density at radius 3 is 2.71 bits per heavy atom. The molecule has 3 aromatic rings. The molecule has 0 spiro atoms. The molecule has 24 heavy (non-hydrogen) atoms. The Morgan fingerprint density at radius 2 is 2.00 bits per heavy atom. The van der Waals surface area contributed by atoms with Crippen LogP contribution in [0.5, 0.6) is 11.5 Å². The summed E-state index contributed by atoms with van der Waals surface area (Å²) in [6.45, 7) is 1.68. The van der Waals surface area contributed by atoms with Gasteiger partial charge in [0.1, 0.15) is 17.0 Å². The normalized spacial score (nSPS) is 12.0. The van der Waals surface area contributed by atoms with Crippen LogP contribution >= 0.6 is 22.9 Å². The number of carbonyl (C=O) groups excluding carboxylic acids is 1. The Bertz CT molecular complexity index is 867. The second kappa shape index (κ2) is 7.07. The highest BCUT2D eigenvalue weighted by atomic mass is 35.5. The summed E-state index contributed by atoms with van der Waals surface area (Å²) in [7, 11) is 1.57. The van der Waals surface area contributed by atoms with E-state index in [2.05, 4.69) is 10.3 Å². The van der Waals surface area contributed by atoms with E-state index in [1.807, 2.05) is 18.2 Å². The van der Waals surface area contributed by atoms with Crippen LogP contribution in [-0.2, 0) is 4.79 Å². The van der Waals surface area contributed by atoms with Crippen molar-refractivity contribution in [1.29, 1.82) is 0 Å². The molecule has 2 aromatic carbocycles. The standard InChI is InChI=1S/C17H15ClN2O3S/c1-10(23-11-6-4-3-5-7-11)16(21)20-17-19-14-13(22-2)9-8-12(18)15(14)24-17/h3-10H,1-2H3,(H,19,20,21). The Hall–Kier alpha value is -2.31. The number of para-hydroxylation sites is 1. The smallest absolute Gasteiger partial charge is 0.266 e. The number of hydrogen-bond donors (Lipinski definition) is 1. The number of fused-ring (bicyclic) bond motifs is 1. The largest absolute Gasteiger partial charge is 0.494 e. The summed E-state index contributed by atoms with van der Waals surface area (Å²) in [4.78, 5) is 16.7. The molecular weight excluding hydrogens is 348 g/mol. The molecule has 0 bridgehead atoms. The first kappa shape index (κ1) is 16.5. The molecule has 0 aliphatic rings. The fourth-order valence-electron chi connectivity index (χ4n) is 2.13. The van der Waals surface area contributed by atoms with Gasteiger partial charge in [-0.1, -0.05) is 41.1 Å². The Labute approximate surface area is 148 Å². The van der Waals surface area contributed by atoms with Gasteiger partial charge in [-0.3, -0.25) is 10.1 Å². The topological polar surface area (TPSA) is 60.5 Å². The van der Waals surface area contributed by atoms with Gasteiger partial charge < -0.3 is 9.47 Å². The highest BCUT2D eigenvalue weighted by Crippen LogP contribution is 2.37. The van der Waals surface area contributed by atoms with E-state index in [9.17, 15) is 4.79 Å². The van der Waals surface area contributed by atoms with Crippen LogP contribution in [0.25, 0.3) is 10.2 Å². The highest BCUT2D eigenvalue weighted by molar-refractivity contribution is 7.23. The number of nitrogens with zero attached hydrogens (tertiary/aromatic N) is 1. The summed E-state index contributed by atoms with van der Waals surface area (Å²) >= 11 is 7.48. The fraction of sp³-hybridized carbons (Fsp3) is 0.176. The van der Waals surface area contributed by atoms with Crippen molar-refractivity contribution in [3.63, 3.8) is 0 Å². The molecule has 0 aliphatic heterocycles. The van der Waals surface area contributed by atoms with Gasteiger partial charge in [0.05, 0.1) is 16.8 Å². The molecule has 1 unspecified atom stereocenters. The van der Waals surface area contributed by atoms with Crippen molar-refractivity contribution < 1.29 is 14.3 Å². The number of carbonyl (C=O) groups is 1. The molecule has 0 saturated carbocycles. The maximum Gasteiger partial charge on any atom is 0.266 e. The zero-order valence-electron chi connectivity index (χ0n) is 13.1. The van der Waals surface area contributed by atoms with Crippen molar-refractivity contribution in [3.05, 3.63) is 47.5 Å². The van der Waals surface area contributed by atoms with Crippen LogP contribution in [0.4, 0.5) is 5.13 Å². The third-order valence-electron chi connectivity index (χ3n) is 3.33. The lowest BCUT2D eigenvalue weighted by atomic mass is 10.3. The summed E-state index contributed by atoms with van der Waals surface area (Å²) in [5.41, 5.74) is 0.627. The molecule has 1 heterocycles. The van der Waals surface area contributed by atoms with Crippen molar-refractivity contribution >= 4 is 44.2 Å². The minimum atomic E-state index is -0.656.